The van der Waals surface area contributed by atoms with Crippen molar-refractivity contribution in [1.29, 1.82) is 0 Å². The van der Waals surface area contributed by atoms with Gasteiger partial charge >= 0.3 is 5.69 Å². The zero-order chi connectivity index (χ0) is 15.4. The molecule has 0 aliphatic carbocycles. The number of rotatable bonds is 6. The number of benzene rings is 1. The molecule has 20 heavy (non-hydrogen) atoms. The molecular formula is C12H15F2N3O3. The molecule has 0 fully saturated rings. The Kier molecular flexibility index (Phi) is 5.09. The summed E-state index contributed by atoms with van der Waals surface area (Å²) in [4.78, 5) is 20.8. The molecule has 1 unspecified atom stereocenters. The molecule has 0 saturated carbocycles. The molecule has 110 valence electrons. The van der Waals surface area contributed by atoms with Gasteiger partial charge in [0, 0.05) is 24.2 Å². The Morgan fingerprint density at radius 2 is 2.00 bits per heavy atom. The molecule has 0 aliphatic heterocycles. The summed E-state index contributed by atoms with van der Waals surface area (Å²) in [6, 6.07) is 0.540. The van der Waals surface area contributed by atoms with Gasteiger partial charge in [-0.25, -0.2) is 4.39 Å². The van der Waals surface area contributed by atoms with Gasteiger partial charge in [0.05, 0.1) is 11.0 Å². The molecule has 1 rings (SSSR count). The largest absolute Gasteiger partial charge is 0.368 e. The van der Waals surface area contributed by atoms with Gasteiger partial charge in [-0.15, -0.1) is 0 Å². The summed E-state index contributed by atoms with van der Waals surface area (Å²) in [5.74, 6) is -2.91. The number of nitrogens with one attached hydrogen (secondary N) is 1. The van der Waals surface area contributed by atoms with Crippen LogP contribution in [0.4, 0.5) is 14.5 Å². The molecule has 0 aromatic heterocycles. The van der Waals surface area contributed by atoms with Crippen LogP contribution in [0.3, 0.4) is 0 Å². The van der Waals surface area contributed by atoms with Gasteiger partial charge in [-0.05, 0) is 5.92 Å². The molecule has 1 amide bonds. The van der Waals surface area contributed by atoms with Gasteiger partial charge in [0.15, 0.2) is 0 Å². The Balaban J connectivity index is 2.95. The molecule has 0 aliphatic rings. The van der Waals surface area contributed by atoms with Crippen molar-refractivity contribution in [2.24, 2.45) is 11.7 Å². The van der Waals surface area contributed by atoms with Crippen LogP contribution in [0, 0.1) is 27.7 Å². The van der Waals surface area contributed by atoms with E-state index in [0.29, 0.717) is 6.07 Å². The molecule has 0 radical (unpaired) electrons. The van der Waals surface area contributed by atoms with Crippen molar-refractivity contribution in [2.45, 2.75) is 26.4 Å². The van der Waals surface area contributed by atoms with Crippen LogP contribution in [0.2, 0.25) is 0 Å². The number of carbonyl (C=O) groups excluding carboxylic acids is 1. The first-order valence-corrected chi connectivity index (χ1v) is 5.89. The monoisotopic (exact) mass is 287 g/mol. The van der Waals surface area contributed by atoms with Crippen LogP contribution >= 0.6 is 0 Å². The van der Waals surface area contributed by atoms with E-state index in [1.165, 1.54) is 0 Å². The van der Waals surface area contributed by atoms with Crippen molar-refractivity contribution in [1.82, 2.24) is 5.32 Å². The highest BCUT2D eigenvalue weighted by Crippen LogP contribution is 2.21. The lowest BCUT2D eigenvalue weighted by Crippen LogP contribution is -2.44. The number of nitrogens with zero attached hydrogens (tertiary/aromatic N) is 1. The van der Waals surface area contributed by atoms with Gasteiger partial charge in [0.1, 0.15) is 5.82 Å². The molecule has 0 saturated heterocycles. The van der Waals surface area contributed by atoms with E-state index in [0.717, 1.165) is 6.07 Å². The predicted molar refractivity (Wildman–Crippen MR) is 67.7 cm³/mol. The molecule has 0 spiro atoms. The van der Waals surface area contributed by atoms with Gasteiger partial charge in [-0.1, -0.05) is 13.8 Å². The van der Waals surface area contributed by atoms with Gasteiger partial charge in [0.25, 0.3) is 0 Å². The van der Waals surface area contributed by atoms with Crippen molar-refractivity contribution < 1.29 is 18.5 Å². The number of primary amides is 1. The van der Waals surface area contributed by atoms with Crippen molar-refractivity contribution >= 4 is 11.6 Å². The van der Waals surface area contributed by atoms with E-state index in [-0.39, 0.29) is 18.0 Å². The lowest BCUT2D eigenvalue weighted by atomic mass is 10.0. The summed E-state index contributed by atoms with van der Waals surface area (Å²) >= 11 is 0. The SMILES string of the molecule is CC(C)C(NCc1cc([N+](=O)[O-])c(F)cc1F)C(N)=O. The summed E-state index contributed by atoms with van der Waals surface area (Å²) in [5, 5.41) is 13.3. The van der Waals surface area contributed by atoms with E-state index in [9.17, 15) is 23.7 Å². The van der Waals surface area contributed by atoms with Crippen LogP contribution in [-0.4, -0.2) is 16.9 Å². The number of hydrogen-bond acceptors (Lipinski definition) is 4. The fourth-order valence-electron chi connectivity index (χ4n) is 1.74. The minimum absolute atomic E-state index is 0.106. The minimum Gasteiger partial charge on any atom is -0.368 e. The third kappa shape index (κ3) is 3.70. The van der Waals surface area contributed by atoms with E-state index >= 15 is 0 Å². The average molecular weight is 287 g/mol. The summed E-state index contributed by atoms with van der Waals surface area (Å²) in [5.41, 5.74) is 4.26. The van der Waals surface area contributed by atoms with Crippen LogP contribution in [-0.2, 0) is 11.3 Å². The molecule has 0 bridgehead atoms. The quantitative estimate of drug-likeness (QED) is 0.611. The summed E-state index contributed by atoms with van der Waals surface area (Å²) in [6.07, 6.45) is 0. The molecule has 8 heteroatoms. The molecular weight excluding hydrogens is 272 g/mol. The maximum atomic E-state index is 13.5. The lowest BCUT2D eigenvalue weighted by molar-refractivity contribution is -0.387. The first kappa shape index (κ1) is 16.0. The van der Waals surface area contributed by atoms with Crippen LogP contribution in [0.1, 0.15) is 19.4 Å². The molecule has 0 heterocycles. The molecule has 1 aromatic rings. The summed E-state index contributed by atoms with van der Waals surface area (Å²) in [6.45, 7) is 3.32. The van der Waals surface area contributed by atoms with Crippen LogP contribution in [0.5, 0.6) is 0 Å². The molecule has 1 aromatic carbocycles. The van der Waals surface area contributed by atoms with Crippen molar-refractivity contribution in [3.63, 3.8) is 0 Å². The normalized spacial score (nSPS) is 12.4. The second-order valence-corrected chi connectivity index (χ2v) is 4.66. The Bertz CT molecular complexity index is 535. The topological polar surface area (TPSA) is 98.3 Å². The van der Waals surface area contributed by atoms with Crippen LogP contribution < -0.4 is 11.1 Å². The van der Waals surface area contributed by atoms with Gasteiger partial charge < -0.3 is 11.1 Å². The third-order valence-corrected chi connectivity index (χ3v) is 2.80. The second kappa shape index (κ2) is 6.38. The number of amides is 1. The zero-order valence-electron chi connectivity index (χ0n) is 11.0. The maximum absolute atomic E-state index is 13.5. The highest BCUT2D eigenvalue weighted by Gasteiger charge is 2.22. The van der Waals surface area contributed by atoms with E-state index in [4.69, 9.17) is 5.73 Å². The Morgan fingerprint density at radius 1 is 1.40 bits per heavy atom. The average Bonchev–Trinajstić information content (AvgIpc) is 2.30. The number of hydrogen-bond donors (Lipinski definition) is 2. The molecule has 3 N–H and O–H groups in total. The Morgan fingerprint density at radius 3 is 2.45 bits per heavy atom. The van der Waals surface area contributed by atoms with Crippen molar-refractivity contribution in [3.8, 4) is 0 Å². The van der Waals surface area contributed by atoms with E-state index in [1.54, 1.807) is 13.8 Å². The first-order chi connectivity index (χ1) is 9.23. The Labute approximate surface area is 114 Å². The first-order valence-electron chi connectivity index (χ1n) is 5.89. The van der Waals surface area contributed by atoms with Gasteiger partial charge in [-0.3, -0.25) is 14.9 Å². The summed E-state index contributed by atoms with van der Waals surface area (Å²) in [7, 11) is 0. The van der Waals surface area contributed by atoms with E-state index in [2.05, 4.69) is 5.32 Å². The van der Waals surface area contributed by atoms with Gasteiger partial charge in [-0.2, -0.15) is 4.39 Å². The number of halogens is 2. The van der Waals surface area contributed by atoms with Crippen molar-refractivity contribution in [2.75, 3.05) is 0 Å². The fourth-order valence-corrected chi connectivity index (χ4v) is 1.74. The van der Waals surface area contributed by atoms with E-state index < -0.39 is 34.2 Å². The summed E-state index contributed by atoms with van der Waals surface area (Å²) < 4.78 is 26.7. The highest BCUT2D eigenvalue weighted by atomic mass is 19.1. The number of carbonyl (C=O) groups is 1. The number of nitro groups is 1. The third-order valence-electron chi connectivity index (χ3n) is 2.80. The lowest BCUT2D eigenvalue weighted by Gasteiger charge is -2.19. The Hall–Kier alpha value is -2.09. The van der Waals surface area contributed by atoms with E-state index in [1.807, 2.05) is 0 Å². The smallest absolute Gasteiger partial charge is 0.305 e. The molecule has 6 nitrogen and oxygen atoms in total. The minimum atomic E-state index is -1.24. The molecule has 1 atom stereocenters. The van der Waals surface area contributed by atoms with Crippen LogP contribution in [0.15, 0.2) is 12.1 Å². The standard InChI is InChI=1S/C12H15F2N3O3/c1-6(2)11(12(15)18)16-5-7-3-10(17(19)20)9(14)4-8(7)13/h3-4,6,11,16H,5H2,1-2H3,(H2,15,18). The highest BCUT2D eigenvalue weighted by molar-refractivity contribution is 5.80. The fraction of sp³-hybridized carbons (Fsp3) is 0.417. The number of nitro benzene ring substituents is 1. The maximum Gasteiger partial charge on any atom is 0.305 e. The zero-order valence-corrected chi connectivity index (χ0v) is 11.0. The van der Waals surface area contributed by atoms with Gasteiger partial charge in [0.2, 0.25) is 11.7 Å². The van der Waals surface area contributed by atoms with Crippen molar-refractivity contribution in [3.05, 3.63) is 39.4 Å². The second-order valence-electron chi connectivity index (χ2n) is 4.66. The number of nitrogens with two attached hydrogens (primary N) is 1. The van der Waals surface area contributed by atoms with Crippen LogP contribution in [0.25, 0.3) is 0 Å². The predicted octanol–water partition coefficient (Wildman–Crippen LogP) is 1.47.